The molecule has 2 atom stereocenters. The molecule has 0 radical (unpaired) electrons. The van der Waals surface area contributed by atoms with Crippen LogP contribution in [0.2, 0.25) is 0 Å². The summed E-state index contributed by atoms with van der Waals surface area (Å²) in [7, 11) is 0. The lowest BCUT2D eigenvalue weighted by molar-refractivity contribution is -0.135. The quantitative estimate of drug-likeness (QED) is 0.779. The highest BCUT2D eigenvalue weighted by Crippen LogP contribution is 2.23. The Kier molecular flexibility index (Phi) is 6.79. The number of hydrogen-bond donors (Lipinski definition) is 1. The average Bonchev–Trinajstić information content (AvgIpc) is 2.60. The molecule has 1 aromatic rings. The van der Waals surface area contributed by atoms with E-state index in [4.69, 9.17) is 10.5 Å². The van der Waals surface area contributed by atoms with Gasteiger partial charge in [0.15, 0.2) is 5.78 Å². The molecule has 1 aromatic carbocycles. The lowest BCUT2D eigenvalue weighted by atomic mass is 9.92. The number of rotatable bonds is 7. The zero-order valence-corrected chi connectivity index (χ0v) is 14.7. The number of benzene rings is 1. The highest BCUT2D eigenvalue weighted by molar-refractivity contribution is 5.98. The summed E-state index contributed by atoms with van der Waals surface area (Å²) < 4.78 is 5.37. The van der Waals surface area contributed by atoms with E-state index >= 15 is 0 Å². The second-order valence-corrected chi connectivity index (χ2v) is 6.49. The van der Waals surface area contributed by atoms with Gasteiger partial charge in [0.2, 0.25) is 5.91 Å². The van der Waals surface area contributed by atoms with Crippen LogP contribution < -0.4 is 10.5 Å². The van der Waals surface area contributed by atoms with Gasteiger partial charge >= 0.3 is 0 Å². The number of piperidine rings is 1. The Bertz CT molecular complexity index is 556. The molecule has 1 heterocycles. The van der Waals surface area contributed by atoms with E-state index in [1.807, 2.05) is 11.8 Å². The fourth-order valence-electron chi connectivity index (χ4n) is 3.22. The Balaban J connectivity index is 1.87. The summed E-state index contributed by atoms with van der Waals surface area (Å²) in [6.45, 7) is 5.95. The SMILES string of the molecule is CCOc1ccc(C(=O)CCC(=O)N2CCC(C)CC2CN)cc1. The van der Waals surface area contributed by atoms with Gasteiger partial charge in [0.25, 0.3) is 0 Å². The third-order valence-electron chi connectivity index (χ3n) is 4.62. The summed E-state index contributed by atoms with van der Waals surface area (Å²) in [5.41, 5.74) is 6.43. The van der Waals surface area contributed by atoms with Crippen molar-refractivity contribution in [2.45, 2.75) is 45.6 Å². The average molecular weight is 332 g/mol. The second-order valence-electron chi connectivity index (χ2n) is 6.49. The van der Waals surface area contributed by atoms with Crippen molar-refractivity contribution in [1.29, 1.82) is 0 Å². The molecule has 5 nitrogen and oxygen atoms in total. The summed E-state index contributed by atoms with van der Waals surface area (Å²) in [5.74, 6) is 1.38. The van der Waals surface area contributed by atoms with Crippen LogP contribution in [0.3, 0.4) is 0 Å². The van der Waals surface area contributed by atoms with Crippen LogP contribution in [-0.2, 0) is 4.79 Å². The number of carbonyl (C=O) groups is 2. The third-order valence-corrected chi connectivity index (χ3v) is 4.62. The summed E-state index contributed by atoms with van der Waals surface area (Å²) in [5, 5.41) is 0. The van der Waals surface area contributed by atoms with E-state index in [2.05, 4.69) is 6.92 Å². The van der Waals surface area contributed by atoms with Crippen LogP contribution in [0.5, 0.6) is 5.75 Å². The van der Waals surface area contributed by atoms with Crippen molar-refractivity contribution in [3.05, 3.63) is 29.8 Å². The highest BCUT2D eigenvalue weighted by Gasteiger charge is 2.28. The Morgan fingerprint density at radius 1 is 1.25 bits per heavy atom. The molecule has 0 saturated carbocycles. The largest absolute Gasteiger partial charge is 0.494 e. The van der Waals surface area contributed by atoms with E-state index in [0.29, 0.717) is 24.6 Å². The minimum Gasteiger partial charge on any atom is -0.494 e. The molecular formula is C19H28N2O3. The Morgan fingerprint density at radius 3 is 2.58 bits per heavy atom. The predicted molar refractivity (Wildman–Crippen MR) is 94.1 cm³/mol. The Morgan fingerprint density at radius 2 is 1.96 bits per heavy atom. The van der Waals surface area contributed by atoms with Gasteiger partial charge in [-0.05, 0) is 49.9 Å². The molecule has 0 aromatic heterocycles. The number of ketones is 1. The van der Waals surface area contributed by atoms with Gasteiger partial charge in [0, 0.05) is 37.5 Å². The molecule has 24 heavy (non-hydrogen) atoms. The molecule has 2 N–H and O–H groups in total. The minimum atomic E-state index is -0.0129. The van der Waals surface area contributed by atoms with E-state index in [-0.39, 0.29) is 30.6 Å². The van der Waals surface area contributed by atoms with Gasteiger partial charge in [-0.3, -0.25) is 9.59 Å². The molecule has 1 saturated heterocycles. The molecule has 1 amide bonds. The van der Waals surface area contributed by atoms with Crippen LogP contribution in [0.25, 0.3) is 0 Å². The maximum absolute atomic E-state index is 12.4. The number of nitrogens with two attached hydrogens (primary N) is 1. The summed E-state index contributed by atoms with van der Waals surface area (Å²) in [6, 6.07) is 7.19. The first kappa shape index (κ1) is 18.5. The highest BCUT2D eigenvalue weighted by atomic mass is 16.5. The van der Waals surface area contributed by atoms with E-state index in [9.17, 15) is 9.59 Å². The van der Waals surface area contributed by atoms with Crippen LogP contribution >= 0.6 is 0 Å². The van der Waals surface area contributed by atoms with Crippen LogP contribution in [0.15, 0.2) is 24.3 Å². The fraction of sp³-hybridized carbons (Fsp3) is 0.579. The number of nitrogens with zero attached hydrogens (tertiary/aromatic N) is 1. The zero-order valence-electron chi connectivity index (χ0n) is 14.7. The number of hydrogen-bond acceptors (Lipinski definition) is 4. The summed E-state index contributed by atoms with van der Waals surface area (Å²) >= 11 is 0. The van der Waals surface area contributed by atoms with Gasteiger partial charge in [0.05, 0.1) is 6.61 Å². The predicted octanol–water partition coefficient (Wildman–Crippen LogP) is 2.63. The third kappa shape index (κ3) is 4.81. The molecule has 5 heteroatoms. The van der Waals surface area contributed by atoms with E-state index in [1.165, 1.54) is 0 Å². The number of Topliss-reactive ketones (excluding diaryl/α,β-unsaturated/α-hetero) is 1. The van der Waals surface area contributed by atoms with Gasteiger partial charge in [-0.15, -0.1) is 0 Å². The van der Waals surface area contributed by atoms with Crippen LogP contribution in [-0.4, -0.2) is 42.3 Å². The number of likely N-dealkylation sites (tertiary alicyclic amines) is 1. The minimum absolute atomic E-state index is 0.0129. The van der Waals surface area contributed by atoms with Gasteiger partial charge in [-0.2, -0.15) is 0 Å². The van der Waals surface area contributed by atoms with Gasteiger partial charge in [0.1, 0.15) is 5.75 Å². The molecule has 0 bridgehead atoms. The fourth-order valence-corrected chi connectivity index (χ4v) is 3.22. The normalized spacial score (nSPS) is 20.7. The number of carbonyl (C=O) groups excluding carboxylic acids is 2. The molecule has 0 spiro atoms. The zero-order chi connectivity index (χ0) is 17.5. The second kappa shape index (κ2) is 8.83. The lowest BCUT2D eigenvalue weighted by Crippen LogP contribution is -2.49. The topological polar surface area (TPSA) is 72.6 Å². The molecule has 2 unspecified atom stereocenters. The van der Waals surface area contributed by atoms with Crippen molar-refractivity contribution in [2.24, 2.45) is 11.7 Å². The summed E-state index contributed by atoms with van der Waals surface area (Å²) in [4.78, 5) is 26.6. The maximum Gasteiger partial charge on any atom is 0.223 e. The van der Waals surface area contributed by atoms with E-state index in [1.54, 1.807) is 24.3 Å². The van der Waals surface area contributed by atoms with Gasteiger partial charge in [-0.1, -0.05) is 6.92 Å². The molecular weight excluding hydrogens is 304 g/mol. The molecule has 132 valence electrons. The van der Waals surface area contributed by atoms with Gasteiger partial charge < -0.3 is 15.4 Å². The monoisotopic (exact) mass is 332 g/mol. The van der Waals surface area contributed by atoms with Crippen LogP contribution in [0, 0.1) is 5.92 Å². The molecule has 0 aliphatic carbocycles. The van der Waals surface area contributed by atoms with Crippen LogP contribution in [0.1, 0.15) is 49.9 Å². The van der Waals surface area contributed by atoms with Crippen molar-refractivity contribution in [3.63, 3.8) is 0 Å². The Labute approximate surface area is 144 Å². The van der Waals surface area contributed by atoms with E-state index in [0.717, 1.165) is 25.1 Å². The van der Waals surface area contributed by atoms with Crippen molar-refractivity contribution in [1.82, 2.24) is 4.90 Å². The smallest absolute Gasteiger partial charge is 0.223 e. The van der Waals surface area contributed by atoms with E-state index < -0.39 is 0 Å². The maximum atomic E-state index is 12.4. The Hall–Kier alpha value is -1.88. The number of ether oxygens (including phenoxy) is 1. The van der Waals surface area contributed by atoms with Crippen LogP contribution in [0.4, 0.5) is 0 Å². The van der Waals surface area contributed by atoms with Gasteiger partial charge in [-0.25, -0.2) is 0 Å². The standard InChI is InChI=1S/C19H28N2O3/c1-3-24-17-6-4-15(5-7-17)18(22)8-9-19(23)21-11-10-14(2)12-16(21)13-20/h4-7,14,16H,3,8-13,20H2,1-2H3. The van der Waals surface area contributed by atoms with Crippen molar-refractivity contribution in [2.75, 3.05) is 19.7 Å². The molecule has 1 aliphatic heterocycles. The number of amides is 1. The van der Waals surface area contributed by atoms with Crippen molar-refractivity contribution >= 4 is 11.7 Å². The first-order valence-electron chi connectivity index (χ1n) is 8.80. The first-order valence-corrected chi connectivity index (χ1v) is 8.80. The first-order chi connectivity index (χ1) is 11.5. The lowest BCUT2D eigenvalue weighted by Gasteiger charge is -2.38. The van der Waals surface area contributed by atoms with Crippen molar-refractivity contribution < 1.29 is 14.3 Å². The molecule has 2 rings (SSSR count). The molecule has 1 fully saturated rings. The summed E-state index contributed by atoms with van der Waals surface area (Å²) in [6.07, 6.45) is 2.44. The molecule has 1 aliphatic rings. The van der Waals surface area contributed by atoms with Crippen molar-refractivity contribution in [3.8, 4) is 5.75 Å².